The molecule has 1 fully saturated rings. The molecule has 0 atom stereocenters. The molecule has 0 bridgehead atoms. The van der Waals surface area contributed by atoms with Gasteiger partial charge in [-0.2, -0.15) is 0 Å². The summed E-state index contributed by atoms with van der Waals surface area (Å²) < 4.78 is 4.95. The van der Waals surface area contributed by atoms with E-state index in [2.05, 4.69) is 5.16 Å². The van der Waals surface area contributed by atoms with Gasteiger partial charge in [0.15, 0.2) is 5.82 Å². The van der Waals surface area contributed by atoms with E-state index in [1.807, 2.05) is 6.92 Å². The average Bonchev–Trinajstić information content (AvgIpc) is 2.73. The summed E-state index contributed by atoms with van der Waals surface area (Å²) in [6.07, 6.45) is 3.73. The highest BCUT2D eigenvalue weighted by atomic mass is 16.5. The number of hydrogen-bond donors (Lipinski definition) is 1. The molecule has 0 unspecified atom stereocenters. The standard InChI is InChI=1S/C8H12N2O/c1-5-7(4-6-2-3-6)8(9)10-11-5/h6H,2-4H2,1H3,(H2,9,10). The van der Waals surface area contributed by atoms with Crippen LogP contribution >= 0.6 is 0 Å². The van der Waals surface area contributed by atoms with Crippen molar-refractivity contribution in [3.8, 4) is 0 Å². The lowest BCUT2D eigenvalue weighted by molar-refractivity contribution is 0.398. The molecule has 1 aromatic heterocycles. The van der Waals surface area contributed by atoms with Gasteiger partial charge in [0.25, 0.3) is 0 Å². The Morgan fingerprint density at radius 3 is 2.82 bits per heavy atom. The topological polar surface area (TPSA) is 52.0 Å². The van der Waals surface area contributed by atoms with Crippen LogP contribution in [0.15, 0.2) is 4.52 Å². The summed E-state index contributed by atoms with van der Waals surface area (Å²) in [6, 6.07) is 0. The van der Waals surface area contributed by atoms with E-state index < -0.39 is 0 Å². The molecule has 0 saturated heterocycles. The fourth-order valence-electron chi connectivity index (χ4n) is 1.27. The lowest BCUT2D eigenvalue weighted by atomic mass is 10.1. The number of aromatic nitrogens is 1. The van der Waals surface area contributed by atoms with Gasteiger partial charge >= 0.3 is 0 Å². The van der Waals surface area contributed by atoms with Gasteiger partial charge in [-0.1, -0.05) is 5.16 Å². The van der Waals surface area contributed by atoms with Crippen LogP contribution in [0, 0.1) is 12.8 Å². The van der Waals surface area contributed by atoms with Crippen LogP contribution < -0.4 is 5.73 Å². The molecule has 0 spiro atoms. The number of nitrogen functional groups attached to an aromatic ring is 1. The largest absolute Gasteiger partial charge is 0.381 e. The van der Waals surface area contributed by atoms with Gasteiger partial charge in [-0.25, -0.2) is 0 Å². The van der Waals surface area contributed by atoms with Crippen molar-refractivity contribution < 1.29 is 4.52 Å². The fraction of sp³-hybridized carbons (Fsp3) is 0.625. The first-order valence-corrected chi connectivity index (χ1v) is 3.98. The third-order valence-corrected chi connectivity index (χ3v) is 2.20. The van der Waals surface area contributed by atoms with E-state index in [1.54, 1.807) is 0 Å². The maximum absolute atomic E-state index is 5.61. The van der Waals surface area contributed by atoms with E-state index in [0.29, 0.717) is 5.82 Å². The van der Waals surface area contributed by atoms with Crippen LogP contribution in [0.3, 0.4) is 0 Å². The lowest BCUT2D eigenvalue weighted by Crippen LogP contribution is -1.94. The molecule has 1 aromatic rings. The zero-order chi connectivity index (χ0) is 7.84. The maximum atomic E-state index is 5.61. The zero-order valence-electron chi connectivity index (χ0n) is 6.63. The molecule has 3 nitrogen and oxygen atoms in total. The van der Waals surface area contributed by atoms with Gasteiger partial charge in [0.2, 0.25) is 0 Å². The van der Waals surface area contributed by atoms with Crippen molar-refractivity contribution in [2.45, 2.75) is 26.2 Å². The number of nitrogens with zero attached hydrogens (tertiary/aromatic N) is 1. The second-order valence-electron chi connectivity index (χ2n) is 3.25. The zero-order valence-corrected chi connectivity index (χ0v) is 6.63. The highest BCUT2D eigenvalue weighted by molar-refractivity contribution is 5.40. The molecule has 60 valence electrons. The smallest absolute Gasteiger partial charge is 0.170 e. The van der Waals surface area contributed by atoms with Gasteiger partial charge < -0.3 is 10.3 Å². The van der Waals surface area contributed by atoms with Crippen molar-refractivity contribution in [3.63, 3.8) is 0 Å². The lowest BCUT2D eigenvalue weighted by Gasteiger charge is -1.94. The predicted octanol–water partition coefficient (Wildman–Crippen LogP) is 1.52. The predicted molar refractivity (Wildman–Crippen MR) is 42.1 cm³/mol. The van der Waals surface area contributed by atoms with E-state index in [4.69, 9.17) is 10.3 Å². The number of nitrogens with two attached hydrogens (primary N) is 1. The molecular weight excluding hydrogens is 140 g/mol. The van der Waals surface area contributed by atoms with Crippen molar-refractivity contribution in [1.29, 1.82) is 0 Å². The van der Waals surface area contributed by atoms with E-state index in [0.717, 1.165) is 23.7 Å². The van der Waals surface area contributed by atoms with Gasteiger partial charge in [-0.3, -0.25) is 0 Å². The van der Waals surface area contributed by atoms with Crippen molar-refractivity contribution in [2.75, 3.05) is 5.73 Å². The molecule has 3 heteroatoms. The molecule has 1 aliphatic rings. The average molecular weight is 152 g/mol. The summed E-state index contributed by atoms with van der Waals surface area (Å²) in [6.45, 7) is 1.92. The Labute approximate surface area is 65.6 Å². The summed E-state index contributed by atoms with van der Waals surface area (Å²) >= 11 is 0. The van der Waals surface area contributed by atoms with E-state index in [9.17, 15) is 0 Å². The molecule has 2 N–H and O–H groups in total. The maximum Gasteiger partial charge on any atom is 0.170 e. The first-order chi connectivity index (χ1) is 5.27. The third-order valence-electron chi connectivity index (χ3n) is 2.20. The minimum absolute atomic E-state index is 0.578. The SMILES string of the molecule is Cc1onc(N)c1CC1CC1. The van der Waals surface area contributed by atoms with Crippen LogP contribution in [0.5, 0.6) is 0 Å². The van der Waals surface area contributed by atoms with Gasteiger partial charge in [-0.15, -0.1) is 0 Å². The number of aryl methyl sites for hydroxylation is 1. The highest BCUT2D eigenvalue weighted by Crippen LogP contribution is 2.34. The summed E-state index contributed by atoms with van der Waals surface area (Å²) in [5, 5.41) is 3.70. The van der Waals surface area contributed by atoms with Crippen molar-refractivity contribution >= 4 is 5.82 Å². The van der Waals surface area contributed by atoms with Crippen LogP contribution in [0.4, 0.5) is 5.82 Å². The normalized spacial score (nSPS) is 17.2. The van der Waals surface area contributed by atoms with Crippen molar-refractivity contribution in [2.24, 2.45) is 5.92 Å². The Hall–Kier alpha value is -0.990. The molecule has 0 aromatic carbocycles. The number of hydrogen-bond acceptors (Lipinski definition) is 3. The number of anilines is 1. The summed E-state index contributed by atoms with van der Waals surface area (Å²) in [5.41, 5.74) is 6.73. The van der Waals surface area contributed by atoms with Gasteiger partial charge in [0.05, 0.1) is 0 Å². The highest BCUT2D eigenvalue weighted by Gasteiger charge is 2.24. The minimum atomic E-state index is 0.578. The van der Waals surface area contributed by atoms with Crippen molar-refractivity contribution in [3.05, 3.63) is 11.3 Å². The van der Waals surface area contributed by atoms with Gasteiger partial charge in [0, 0.05) is 5.56 Å². The van der Waals surface area contributed by atoms with E-state index in [-0.39, 0.29) is 0 Å². The van der Waals surface area contributed by atoms with E-state index in [1.165, 1.54) is 12.8 Å². The molecule has 2 rings (SSSR count). The Morgan fingerprint density at radius 2 is 2.36 bits per heavy atom. The van der Waals surface area contributed by atoms with Crippen molar-refractivity contribution in [1.82, 2.24) is 5.16 Å². The molecule has 11 heavy (non-hydrogen) atoms. The molecule has 0 aliphatic heterocycles. The monoisotopic (exact) mass is 152 g/mol. The second kappa shape index (κ2) is 2.26. The quantitative estimate of drug-likeness (QED) is 0.699. The third kappa shape index (κ3) is 1.23. The van der Waals surface area contributed by atoms with E-state index >= 15 is 0 Å². The molecular formula is C8H12N2O. The molecule has 1 heterocycles. The summed E-state index contributed by atoms with van der Waals surface area (Å²) in [5.74, 6) is 2.30. The summed E-state index contributed by atoms with van der Waals surface area (Å²) in [7, 11) is 0. The Balaban J connectivity index is 2.19. The molecule has 0 radical (unpaired) electrons. The van der Waals surface area contributed by atoms with Gasteiger partial charge in [0.1, 0.15) is 5.76 Å². The van der Waals surface area contributed by atoms with Crippen LogP contribution in [-0.2, 0) is 6.42 Å². The molecule has 1 aliphatic carbocycles. The summed E-state index contributed by atoms with van der Waals surface area (Å²) in [4.78, 5) is 0. The van der Waals surface area contributed by atoms with Crippen LogP contribution in [0.2, 0.25) is 0 Å². The second-order valence-corrected chi connectivity index (χ2v) is 3.25. The Morgan fingerprint density at radius 1 is 1.64 bits per heavy atom. The van der Waals surface area contributed by atoms with Crippen LogP contribution in [0.25, 0.3) is 0 Å². The molecule has 1 saturated carbocycles. The minimum Gasteiger partial charge on any atom is -0.381 e. The van der Waals surface area contributed by atoms with Crippen LogP contribution in [-0.4, -0.2) is 5.16 Å². The molecule has 0 amide bonds. The first kappa shape index (κ1) is 6.70. The van der Waals surface area contributed by atoms with Gasteiger partial charge in [-0.05, 0) is 32.1 Å². The fourth-order valence-corrected chi connectivity index (χ4v) is 1.27. The number of rotatable bonds is 2. The first-order valence-electron chi connectivity index (χ1n) is 3.98. The Bertz CT molecular complexity index is 244. The Kier molecular flexibility index (Phi) is 1.37. The van der Waals surface area contributed by atoms with Crippen LogP contribution in [0.1, 0.15) is 24.2 Å².